The summed E-state index contributed by atoms with van der Waals surface area (Å²) in [4.78, 5) is 42.0. The third-order valence-corrected chi connectivity index (χ3v) is 6.42. The first kappa shape index (κ1) is 21.1. The second kappa shape index (κ2) is 8.15. The predicted octanol–water partition coefficient (Wildman–Crippen LogP) is 1.62. The molecule has 1 aromatic heterocycles. The van der Waals surface area contributed by atoms with Crippen LogP contribution in [0.1, 0.15) is 29.8 Å². The van der Waals surface area contributed by atoms with Crippen LogP contribution in [-0.4, -0.2) is 58.0 Å². The fourth-order valence-corrected chi connectivity index (χ4v) is 5.01. The zero-order valence-electron chi connectivity index (χ0n) is 17.9. The van der Waals surface area contributed by atoms with Crippen molar-refractivity contribution in [1.82, 2.24) is 14.4 Å². The van der Waals surface area contributed by atoms with E-state index in [1.165, 1.54) is 11.8 Å². The van der Waals surface area contributed by atoms with Gasteiger partial charge in [-0.15, -0.1) is 0 Å². The van der Waals surface area contributed by atoms with E-state index in [1.807, 2.05) is 42.5 Å². The van der Waals surface area contributed by atoms with Crippen molar-refractivity contribution in [2.45, 2.75) is 25.6 Å². The van der Waals surface area contributed by atoms with Gasteiger partial charge in [0, 0.05) is 51.3 Å². The monoisotopic (exact) mass is 421 g/mol. The zero-order valence-corrected chi connectivity index (χ0v) is 17.9. The number of aliphatic hydroxyl groups excluding tert-OH is 1. The normalized spacial score (nSPS) is 24.3. The van der Waals surface area contributed by atoms with Gasteiger partial charge >= 0.3 is 0 Å². The Morgan fingerprint density at radius 1 is 1.13 bits per heavy atom. The fourth-order valence-electron chi connectivity index (χ4n) is 5.01. The van der Waals surface area contributed by atoms with Gasteiger partial charge in [-0.05, 0) is 23.8 Å². The number of amides is 2. The van der Waals surface area contributed by atoms with Gasteiger partial charge < -0.3 is 19.5 Å². The first-order chi connectivity index (χ1) is 14.8. The highest BCUT2D eigenvalue weighted by Crippen LogP contribution is 2.48. The van der Waals surface area contributed by atoms with Crippen molar-refractivity contribution in [2.75, 3.05) is 20.7 Å². The summed E-state index contributed by atoms with van der Waals surface area (Å²) in [6.07, 6.45) is 3.67. The minimum Gasteiger partial charge on any atom is -0.396 e. The number of aliphatic hydroxyl groups is 1. The van der Waals surface area contributed by atoms with Gasteiger partial charge in [0.1, 0.15) is 0 Å². The molecular formula is C24H27N3O4. The lowest BCUT2D eigenvalue weighted by atomic mass is 9.86. The van der Waals surface area contributed by atoms with Crippen molar-refractivity contribution < 1.29 is 14.7 Å². The fraction of sp³-hybridized carbons (Fsp3) is 0.375. The van der Waals surface area contributed by atoms with Crippen molar-refractivity contribution in [3.05, 3.63) is 69.6 Å². The Morgan fingerprint density at radius 2 is 1.84 bits per heavy atom. The molecule has 0 unspecified atom stereocenters. The van der Waals surface area contributed by atoms with Crippen LogP contribution in [0.15, 0.2) is 47.3 Å². The average Bonchev–Trinajstić information content (AvgIpc) is 3.00. The molecular weight excluding hydrogens is 394 g/mol. The maximum absolute atomic E-state index is 13.3. The molecule has 1 saturated heterocycles. The maximum Gasteiger partial charge on any atom is 0.258 e. The van der Waals surface area contributed by atoms with Crippen molar-refractivity contribution >= 4 is 24.0 Å². The van der Waals surface area contributed by atoms with Gasteiger partial charge in [0.15, 0.2) is 0 Å². The molecule has 0 radical (unpaired) electrons. The Bertz CT molecular complexity index is 1090. The van der Waals surface area contributed by atoms with Crippen molar-refractivity contribution in [3.8, 4) is 0 Å². The number of hydrogen-bond acceptors (Lipinski definition) is 4. The van der Waals surface area contributed by atoms with Crippen molar-refractivity contribution in [3.63, 3.8) is 0 Å². The van der Waals surface area contributed by atoms with Gasteiger partial charge in [0.25, 0.3) is 5.56 Å². The molecule has 0 spiro atoms. The van der Waals surface area contributed by atoms with Crippen LogP contribution in [-0.2, 0) is 16.1 Å². The largest absolute Gasteiger partial charge is 0.396 e. The quantitative estimate of drug-likeness (QED) is 0.813. The van der Waals surface area contributed by atoms with Crippen LogP contribution in [0.2, 0.25) is 0 Å². The molecule has 0 saturated carbocycles. The van der Waals surface area contributed by atoms with Gasteiger partial charge in [-0.25, -0.2) is 0 Å². The molecule has 7 nitrogen and oxygen atoms in total. The number of benzene rings is 1. The summed E-state index contributed by atoms with van der Waals surface area (Å²) in [7, 11) is 3.34. The molecule has 4 rings (SSSR count). The first-order valence-corrected chi connectivity index (χ1v) is 10.4. The number of fused-ring (bicyclic) bond motifs is 4. The Labute approximate surface area is 181 Å². The van der Waals surface area contributed by atoms with Crippen LogP contribution in [0.4, 0.5) is 0 Å². The summed E-state index contributed by atoms with van der Waals surface area (Å²) < 4.78 is 1.67. The van der Waals surface area contributed by atoms with E-state index in [4.69, 9.17) is 0 Å². The Kier molecular flexibility index (Phi) is 5.54. The van der Waals surface area contributed by atoms with E-state index in [2.05, 4.69) is 0 Å². The number of nitrogens with zero attached hydrogens (tertiary/aromatic N) is 3. The van der Waals surface area contributed by atoms with E-state index in [-0.39, 0.29) is 30.5 Å². The van der Waals surface area contributed by atoms with Gasteiger partial charge in [-0.3, -0.25) is 14.4 Å². The first-order valence-electron chi connectivity index (χ1n) is 10.4. The van der Waals surface area contributed by atoms with Crippen LogP contribution >= 0.6 is 0 Å². The highest BCUT2D eigenvalue weighted by atomic mass is 16.3. The molecule has 31 heavy (non-hydrogen) atoms. The number of carbonyl (C=O) groups is 2. The number of hydrogen-bond donors (Lipinski definition) is 1. The molecule has 2 aliphatic heterocycles. The second-order valence-corrected chi connectivity index (χ2v) is 8.42. The third-order valence-electron chi connectivity index (χ3n) is 6.42. The molecule has 4 atom stereocenters. The molecule has 1 aromatic carbocycles. The predicted molar refractivity (Wildman–Crippen MR) is 118 cm³/mol. The molecule has 0 aliphatic carbocycles. The standard InChI is InChI=1S/C24H27N3O4/c1-15(29)27-20-13-26-19(22(27)21(18(20)14-28)24(31)25(2)3)12-11-17(23(26)30)10-9-16-7-5-4-6-8-16/h4-12,18,20-22,28H,13-14H2,1-3H3/b10-9+/t18-,20-,21+,22+/m1/s1. The maximum atomic E-state index is 13.3. The number of pyridine rings is 1. The highest BCUT2D eigenvalue weighted by Gasteiger charge is 2.57. The minimum absolute atomic E-state index is 0.147. The van der Waals surface area contributed by atoms with Gasteiger partial charge in [-0.1, -0.05) is 36.4 Å². The van der Waals surface area contributed by atoms with Crippen LogP contribution in [0, 0.1) is 11.8 Å². The Morgan fingerprint density at radius 3 is 2.45 bits per heavy atom. The summed E-state index contributed by atoms with van der Waals surface area (Å²) in [6.45, 7) is 1.51. The topological polar surface area (TPSA) is 82.9 Å². The number of carbonyl (C=O) groups excluding carboxylic acids is 2. The Balaban J connectivity index is 1.80. The molecule has 162 valence electrons. The van der Waals surface area contributed by atoms with E-state index in [9.17, 15) is 19.5 Å². The lowest BCUT2D eigenvalue weighted by molar-refractivity contribution is -0.137. The van der Waals surface area contributed by atoms with Gasteiger partial charge in [-0.2, -0.15) is 0 Å². The summed E-state index contributed by atoms with van der Waals surface area (Å²) in [5.74, 6) is -1.32. The molecule has 2 bridgehead atoms. The van der Waals surface area contributed by atoms with Crippen LogP contribution in [0.25, 0.3) is 12.2 Å². The zero-order chi connectivity index (χ0) is 22.3. The summed E-state index contributed by atoms with van der Waals surface area (Å²) in [5.41, 5.74) is 2.02. The van der Waals surface area contributed by atoms with E-state index >= 15 is 0 Å². The summed E-state index contributed by atoms with van der Waals surface area (Å²) >= 11 is 0. The molecule has 1 N–H and O–H groups in total. The van der Waals surface area contributed by atoms with Crippen LogP contribution < -0.4 is 5.56 Å². The molecule has 1 fully saturated rings. The molecule has 2 aliphatic rings. The molecule has 2 aromatic rings. The van der Waals surface area contributed by atoms with E-state index in [0.29, 0.717) is 11.3 Å². The lowest BCUT2D eigenvalue weighted by Gasteiger charge is -2.37. The lowest BCUT2D eigenvalue weighted by Crippen LogP contribution is -2.48. The van der Waals surface area contributed by atoms with E-state index in [1.54, 1.807) is 35.7 Å². The number of rotatable bonds is 4. The SMILES string of the molecule is CC(=O)N1[C@@H]2Cn3c(ccc(/C=C/c4ccccc4)c3=O)[C@H]1[C@@H](C(=O)N(C)C)[C@@H]2CO. The van der Waals surface area contributed by atoms with E-state index in [0.717, 1.165) is 5.56 Å². The van der Waals surface area contributed by atoms with Crippen LogP contribution in [0.3, 0.4) is 0 Å². The smallest absolute Gasteiger partial charge is 0.258 e. The van der Waals surface area contributed by atoms with Crippen LogP contribution in [0.5, 0.6) is 0 Å². The van der Waals surface area contributed by atoms with Crippen molar-refractivity contribution in [2.24, 2.45) is 11.8 Å². The number of aromatic nitrogens is 1. The summed E-state index contributed by atoms with van der Waals surface area (Å²) in [6, 6.07) is 12.3. The highest BCUT2D eigenvalue weighted by molar-refractivity contribution is 5.83. The Hall–Kier alpha value is -3.19. The van der Waals surface area contributed by atoms with Gasteiger partial charge in [0.2, 0.25) is 11.8 Å². The van der Waals surface area contributed by atoms with Gasteiger partial charge in [0.05, 0.1) is 18.0 Å². The molecule has 7 heteroatoms. The summed E-state index contributed by atoms with van der Waals surface area (Å²) in [5, 5.41) is 10.1. The second-order valence-electron chi connectivity index (χ2n) is 8.42. The third kappa shape index (κ3) is 3.49. The minimum atomic E-state index is -0.590. The average molecular weight is 421 g/mol. The molecule has 3 heterocycles. The van der Waals surface area contributed by atoms with Crippen molar-refractivity contribution in [1.29, 1.82) is 0 Å². The van der Waals surface area contributed by atoms with E-state index < -0.39 is 23.9 Å². The molecule has 2 amide bonds.